The highest BCUT2D eigenvalue weighted by atomic mass is 16.5. The van der Waals surface area contributed by atoms with Crippen LogP contribution >= 0.6 is 0 Å². The number of ketones is 1. The van der Waals surface area contributed by atoms with Gasteiger partial charge in [0.05, 0.1) is 5.57 Å². The summed E-state index contributed by atoms with van der Waals surface area (Å²) in [4.78, 5) is 28.9. The number of hydrogen-bond acceptors (Lipinski definition) is 5. The molecule has 0 radical (unpaired) electrons. The predicted molar refractivity (Wildman–Crippen MR) is 127 cm³/mol. The smallest absolute Gasteiger partial charge is 0.337 e. The summed E-state index contributed by atoms with van der Waals surface area (Å²) in [6.45, 7) is 6.20. The number of hydrogen-bond donors (Lipinski definition) is 1. The second-order valence-electron chi connectivity index (χ2n) is 10.6. The van der Waals surface area contributed by atoms with Crippen molar-refractivity contribution >= 4 is 17.4 Å². The van der Waals surface area contributed by atoms with Crippen LogP contribution in [0.1, 0.15) is 77.2 Å². The summed E-state index contributed by atoms with van der Waals surface area (Å²) < 4.78 is 5.99. The average molecular weight is 437 g/mol. The fourth-order valence-electron chi connectivity index (χ4n) is 5.40. The molecule has 1 fully saturated rings. The molecule has 0 bridgehead atoms. The molecular weight excluding hydrogens is 400 g/mol. The van der Waals surface area contributed by atoms with E-state index in [1.54, 1.807) is 0 Å². The van der Waals surface area contributed by atoms with Crippen molar-refractivity contribution in [1.29, 1.82) is 0 Å². The molecule has 2 aliphatic carbocycles. The second-order valence-corrected chi connectivity index (χ2v) is 10.6. The van der Waals surface area contributed by atoms with E-state index >= 15 is 0 Å². The molecule has 1 N–H and O–H groups in total. The molecule has 1 aromatic rings. The zero-order valence-corrected chi connectivity index (χ0v) is 20.1. The molecule has 1 saturated carbocycles. The molecule has 5 heteroatoms. The molecule has 4 rings (SSSR count). The number of nitrogens with one attached hydrogen (secondary N) is 1. The van der Waals surface area contributed by atoms with Crippen LogP contribution in [0.5, 0.6) is 0 Å². The van der Waals surface area contributed by atoms with Gasteiger partial charge in [-0.2, -0.15) is 0 Å². The number of rotatable bonds is 4. The number of nitrogens with zero attached hydrogens (tertiary/aromatic N) is 1. The Balaban J connectivity index is 1.75. The molecule has 1 aromatic carbocycles. The van der Waals surface area contributed by atoms with E-state index in [0.717, 1.165) is 60.3 Å². The monoisotopic (exact) mass is 436 g/mol. The molecule has 1 atom stereocenters. The zero-order chi connectivity index (χ0) is 23.0. The van der Waals surface area contributed by atoms with Gasteiger partial charge in [0.1, 0.15) is 6.10 Å². The minimum Gasteiger partial charge on any atom is -0.459 e. The molecule has 172 valence electrons. The Morgan fingerprint density at radius 3 is 2.34 bits per heavy atom. The quantitative estimate of drug-likeness (QED) is 0.655. The van der Waals surface area contributed by atoms with Gasteiger partial charge in [0.15, 0.2) is 5.78 Å². The third-order valence-electron chi connectivity index (χ3n) is 7.03. The highest BCUT2D eigenvalue weighted by Crippen LogP contribution is 2.47. The van der Waals surface area contributed by atoms with Gasteiger partial charge >= 0.3 is 5.97 Å². The first kappa shape index (κ1) is 22.6. The zero-order valence-electron chi connectivity index (χ0n) is 20.1. The van der Waals surface area contributed by atoms with Gasteiger partial charge in [-0.05, 0) is 62.1 Å². The maximum atomic E-state index is 13.5. The predicted octanol–water partition coefficient (Wildman–Crippen LogP) is 5.23. The van der Waals surface area contributed by atoms with Gasteiger partial charge in [0, 0.05) is 49.1 Å². The van der Waals surface area contributed by atoms with Gasteiger partial charge in [-0.25, -0.2) is 4.79 Å². The van der Waals surface area contributed by atoms with Crippen LogP contribution in [0.25, 0.3) is 0 Å². The van der Waals surface area contributed by atoms with Crippen LogP contribution in [0, 0.1) is 5.41 Å². The van der Waals surface area contributed by atoms with Crippen molar-refractivity contribution in [2.45, 2.75) is 77.7 Å². The number of allylic oxidation sites excluding steroid dienone is 3. The first-order valence-electron chi connectivity index (χ1n) is 11.9. The number of esters is 1. The molecule has 0 spiro atoms. The van der Waals surface area contributed by atoms with Crippen molar-refractivity contribution in [3.8, 4) is 0 Å². The summed E-state index contributed by atoms with van der Waals surface area (Å²) >= 11 is 0. The minimum absolute atomic E-state index is 0.0234. The largest absolute Gasteiger partial charge is 0.459 e. The summed E-state index contributed by atoms with van der Waals surface area (Å²) in [6, 6.07) is 8.19. The standard InChI is InChI=1S/C27H36N2O3/c1-17-23(26(31)32-20-9-7-6-8-10-20)24(18-11-13-19(14-12-18)29(4)5)25-21(28-17)15-27(2,3)16-22(25)30/h11-14,20,24,28H,6-10,15-16H2,1-5H3/t24-/m0/s1. The van der Waals surface area contributed by atoms with Crippen molar-refractivity contribution in [3.63, 3.8) is 0 Å². The van der Waals surface area contributed by atoms with E-state index in [2.05, 4.69) is 19.2 Å². The lowest BCUT2D eigenvalue weighted by molar-refractivity contribution is -0.146. The normalized spacial score (nSPS) is 23.5. The third kappa shape index (κ3) is 4.48. The molecule has 0 amide bonds. The van der Waals surface area contributed by atoms with E-state index in [1.165, 1.54) is 6.42 Å². The summed E-state index contributed by atoms with van der Waals surface area (Å²) in [5, 5.41) is 3.43. The Kier molecular flexibility index (Phi) is 6.19. The van der Waals surface area contributed by atoms with Gasteiger partial charge in [0.25, 0.3) is 0 Å². The van der Waals surface area contributed by atoms with Crippen LogP contribution in [0.4, 0.5) is 5.69 Å². The van der Waals surface area contributed by atoms with Gasteiger partial charge in [-0.1, -0.05) is 32.4 Å². The highest BCUT2D eigenvalue weighted by molar-refractivity contribution is 6.04. The third-order valence-corrected chi connectivity index (χ3v) is 7.03. The number of dihydropyridines is 1. The first-order chi connectivity index (χ1) is 15.2. The molecule has 5 nitrogen and oxygen atoms in total. The lowest BCUT2D eigenvalue weighted by atomic mass is 9.68. The Bertz CT molecular complexity index is 963. The summed E-state index contributed by atoms with van der Waals surface area (Å²) in [5.41, 5.74) is 5.04. The van der Waals surface area contributed by atoms with Gasteiger partial charge in [-0.15, -0.1) is 0 Å². The number of carbonyl (C=O) groups is 2. The fourth-order valence-corrected chi connectivity index (χ4v) is 5.40. The van der Waals surface area contributed by atoms with Crippen LogP contribution < -0.4 is 10.2 Å². The van der Waals surface area contributed by atoms with E-state index < -0.39 is 0 Å². The van der Waals surface area contributed by atoms with Crippen molar-refractivity contribution in [2.75, 3.05) is 19.0 Å². The summed E-state index contributed by atoms with van der Waals surface area (Å²) in [5.74, 6) is -0.546. The Morgan fingerprint density at radius 1 is 1.06 bits per heavy atom. The fraction of sp³-hybridized carbons (Fsp3) is 0.556. The Morgan fingerprint density at radius 2 is 1.72 bits per heavy atom. The van der Waals surface area contributed by atoms with Crippen LogP contribution in [-0.2, 0) is 14.3 Å². The molecule has 0 aromatic heterocycles. The molecule has 32 heavy (non-hydrogen) atoms. The van der Waals surface area contributed by atoms with Crippen molar-refractivity contribution < 1.29 is 14.3 Å². The van der Waals surface area contributed by atoms with Crippen LogP contribution in [0.3, 0.4) is 0 Å². The first-order valence-corrected chi connectivity index (χ1v) is 11.9. The van der Waals surface area contributed by atoms with Gasteiger partial charge in [-0.3, -0.25) is 4.79 Å². The number of ether oxygens (including phenoxy) is 1. The average Bonchev–Trinajstić information content (AvgIpc) is 2.72. The molecular formula is C27H36N2O3. The maximum absolute atomic E-state index is 13.5. The molecule has 1 aliphatic heterocycles. The van der Waals surface area contributed by atoms with Crippen LogP contribution in [0.15, 0.2) is 46.8 Å². The van der Waals surface area contributed by atoms with Crippen molar-refractivity contribution in [1.82, 2.24) is 5.32 Å². The van der Waals surface area contributed by atoms with E-state index in [9.17, 15) is 9.59 Å². The van der Waals surface area contributed by atoms with E-state index in [1.807, 2.05) is 50.2 Å². The lowest BCUT2D eigenvalue weighted by Crippen LogP contribution is -2.39. The SMILES string of the molecule is CC1=C(C(=O)OC2CCCCC2)[C@H](c2ccc(N(C)C)cc2)C2=C(CC(C)(C)CC2=O)N1. The van der Waals surface area contributed by atoms with Crippen LogP contribution in [0.2, 0.25) is 0 Å². The highest BCUT2D eigenvalue weighted by Gasteiger charge is 2.43. The number of anilines is 1. The summed E-state index contributed by atoms with van der Waals surface area (Å²) in [6.07, 6.45) is 6.53. The number of Topliss-reactive ketones (excluding diaryl/α,β-unsaturated/α-hetero) is 1. The van der Waals surface area contributed by atoms with Crippen molar-refractivity contribution in [3.05, 3.63) is 52.4 Å². The lowest BCUT2D eigenvalue weighted by Gasteiger charge is -2.39. The van der Waals surface area contributed by atoms with Crippen LogP contribution in [-0.4, -0.2) is 32.0 Å². The Labute approximate surface area is 191 Å². The van der Waals surface area contributed by atoms with Gasteiger partial charge < -0.3 is 15.0 Å². The maximum Gasteiger partial charge on any atom is 0.337 e. The topological polar surface area (TPSA) is 58.6 Å². The van der Waals surface area contributed by atoms with Crippen molar-refractivity contribution in [2.24, 2.45) is 5.41 Å². The van der Waals surface area contributed by atoms with E-state index in [4.69, 9.17) is 4.74 Å². The molecule has 3 aliphatic rings. The molecule has 1 heterocycles. The molecule has 0 saturated heterocycles. The summed E-state index contributed by atoms with van der Waals surface area (Å²) in [7, 11) is 4.01. The second kappa shape index (κ2) is 8.76. The number of benzene rings is 1. The number of carbonyl (C=O) groups excluding carboxylic acids is 2. The van der Waals surface area contributed by atoms with E-state index in [-0.39, 0.29) is 29.2 Å². The van der Waals surface area contributed by atoms with E-state index in [0.29, 0.717) is 12.0 Å². The Hall–Kier alpha value is -2.56. The van der Waals surface area contributed by atoms with Gasteiger partial charge in [0.2, 0.25) is 0 Å². The minimum atomic E-state index is -0.387. The molecule has 0 unspecified atom stereocenters.